The Hall–Kier alpha value is -2.13. The van der Waals surface area contributed by atoms with Gasteiger partial charge in [-0.2, -0.15) is 4.31 Å². The van der Waals surface area contributed by atoms with Crippen molar-refractivity contribution in [3.63, 3.8) is 0 Å². The van der Waals surface area contributed by atoms with Crippen molar-refractivity contribution < 1.29 is 17.6 Å². The largest absolute Gasteiger partial charge is 0.420 e. The summed E-state index contributed by atoms with van der Waals surface area (Å²) in [7, 11) is -3.60. The smallest absolute Gasteiger partial charge is 0.408 e. The molecule has 1 aromatic heterocycles. The van der Waals surface area contributed by atoms with Crippen LogP contribution in [-0.4, -0.2) is 42.3 Å². The highest BCUT2D eigenvalue weighted by Crippen LogP contribution is 2.29. The van der Waals surface area contributed by atoms with E-state index in [0.29, 0.717) is 30.4 Å². The van der Waals surface area contributed by atoms with Gasteiger partial charge in [-0.1, -0.05) is 26.7 Å². The van der Waals surface area contributed by atoms with Crippen molar-refractivity contribution in [1.82, 2.24) is 14.2 Å². The van der Waals surface area contributed by atoms with Gasteiger partial charge in [0.15, 0.2) is 5.58 Å². The zero-order chi connectivity index (χ0) is 21.5. The van der Waals surface area contributed by atoms with Crippen molar-refractivity contribution in [3.8, 4) is 0 Å². The number of sulfonamides is 1. The molecule has 2 aromatic rings. The minimum atomic E-state index is -3.60. The number of hydrogen-bond acceptors (Lipinski definition) is 5. The fourth-order valence-electron chi connectivity index (χ4n) is 4.62. The molecule has 164 valence electrons. The van der Waals surface area contributed by atoms with Crippen molar-refractivity contribution in [3.05, 3.63) is 28.7 Å². The van der Waals surface area contributed by atoms with E-state index in [2.05, 4.69) is 19.2 Å². The zero-order valence-corrected chi connectivity index (χ0v) is 18.3. The van der Waals surface area contributed by atoms with E-state index >= 15 is 0 Å². The maximum absolute atomic E-state index is 12.8. The predicted molar refractivity (Wildman–Crippen MR) is 113 cm³/mol. The summed E-state index contributed by atoms with van der Waals surface area (Å²) in [6.07, 6.45) is 4.89. The number of rotatable bonds is 5. The van der Waals surface area contributed by atoms with Gasteiger partial charge >= 0.3 is 5.76 Å². The monoisotopic (exact) mass is 435 g/mol. The Morgan fingerprint density at radius 1 is 1.17 bits per heavy atom. The molecule has 2 fully saturated rings. The number of nitrogens with zero attached hydrogens (tertiary/aromatic N) is 2. The van der Waals surface area contributed by atoms with Crippen LogP contribution < -0.4 is 11.1 Å². The molecule has 1 amide bonds. The maximum Gasteiger partial charge on any atom is 0.420 e. The third-order valence-electron chi connectivity index (χ3n) is 6.70. The summed E-state index contributed by atoms with van der Waals surface area (Å²) >= 11 is 0. The average Bonchev–Trinajstić information content (AvgIpc) is 3.34. The lowest BCUT2D eigenvalue weighted by Gasteiger charge is -2.34. The van der Waals surface area contributed by atoms with Crippen molar-refractivity contribution in [2.75, 3.05) is 13.1 Å². The molecule has 30 heavy (non-hydrogen) atoms. The lowest BCUT2D eigenvalue weighted by molar-refractivity contribution is -0.123. The van der Waals surface area contributed by atoms with Crippen molar-refractivity contribution in [2.24, 2.45) is 11.8 Å². The van der Waals surface area contributed by atoms with Crippen molar-refractivity contribution in [2.45, 2.75) is 63.4 Å². The molecule has 1 N–H and O–H groups in total. The molecule has 0 bridgehead atoms. The molecule has 2 aliphatic rings. The summed E-state index contributed by atoms with van der Waals surface area (Å²) in [5.74, 6) is 0.0387. The second kappa shape index (κ2) is 8.19. The van der Waals surface area contributed by atoms with Crippen LogP contribution in [0.1, 0.15) is 46.0 Å². The minimum absolute atomic E-state index is 0.104. The topological polar surface area (TPSA) is 102 Å². The molecule has 8 nitrogen and oxygen atoms in total. The summed E-state index contributed by atoms with van der Waals surface area (Å²) in [6.45, 7) is 5.20. The normalized spacial score (nSPS) is 25.6. The lowest BCUT2D eigenvalue weighted by Crippen LogP contribution is -2.45. The number of carbonyl (C=O) groups excluding carboxylic acids is 1. The van der Waals surface area contributed by atoms with Crippen LogP contribution in [0, 0.1) is 11.8 Å². The van der Waals surface area contributed by atoms with Crippen LogP contribution in [0.25, 0.3) is 11.1 Å². The molecule has 9 heteroatoms. The number of nitrogens with one attached hydrogen (secondary N) is 1. The number of hydrogen-bond donors (Lipinski definition) is 1. The Bertz CT molecular complexity index is 1100. The molecule has 1 aliphatic heterocycles. The highest BCUT2D eigenvalue weighted by atomic mass is 32.2. The van der Waals surface area contributed by atoms with Crippen molar-refractivity contribution >= 4 is 27.0 Å². The number of amides is 1. The van der Waals surface area contributed by atoms with Gasteiger partial charge in [0.25, 0.3) is 0 Å². The Morgan fingerprint density at radius 3 is 2.63 bits per heavy atom. The van der Waals surface area contributed by atoms with Gasteiger partial charge in [0.2, 0.25) is 15.9 Å². The number of oxazole rings is 1. The predicted octanol–water partition coefficient (Wildman–Crippen LogP) is 2.32. The van der Waals surface area contributed by atoms with Crippen LogP contribution >= 0.6 is 0 Å². The van der Waals surface area contributed by atoms with Crippen LogP contribution in [0.3, 0.4) is 0 Å². The Kier molecular flexibility index (Phi) is 5.76. The summed E-state index contributed by atoms with van der Waals surface area (Å²) in [4.78, 5) is 25.1. The summed E-state index contributed by atoms with van der Waals surface area (Å²) < 4.78 is 33.5. The average molecular weight is 436 g/mol. The molecule has 0 unspecified atom stereocenters. The van der Waals surface area contributed by atoms with E-state index in [9.17, 15) is 18.0 Å². The van der Waals surface area contributed by atoms with Gasteiger partial charge in [-0.15, -0.1) is 0 Å². The van der Waals surface area contributed by atoms with E-state index in [1.807, 2.05) is 0 Å². The first kappa shape index (κ1) is 21.1. The van der Waals surface area contributed by atoms with Gasteiger partial charge in [0, 0.05) is 25.2 Å². The molecule has 1 saturated carbocycles. The molecular weight excluding hydrogens is 406 g/mol. The van der Waals surface area contributed by atoms with Crippen LogP contribution in [0.15, 0.2) is 32.3 Å². The standard InChI is InChI=1S/C21H29N3O5S/c1-14-6-5-7-17(15(14)2)22-20(25)13-24-18-9-8-16(12-19(18)29-21(24)26)30(27,28)23-10-3-4-11-23/h8-9,12,14-15,17H,3-7,10-11,13H2,1-2H3,(H,22,25)/t14-,15+,17-/m1/s1. The molecule has 3 atom stereocenters. The lowest BCUT2D eigenvalue weighted by atomic mass is 9.78. The molecule has 1 saturated heterocycles. The first-order valence-electron chi connectivity index (χ1n) is 10.7. The van der Waals surface area contributed by atoms with Gasteiger partial charge in [0.05, 0.1) is 10.4 Å². The van der Waals surface area contributed by atoms with Crippen LogP contribution in [0.4, 0.5) is 0 Å². The molecule has 4 rings (SSSR count). The third kappa shape index (κ3) is 3.92. The van der Waals surface area contributed by atoms with E-state index in [0.717, 1.165) is 25.7 Å². The fourth-order valence-corrected chi connectivity index (χ4v) is 6.15. The first-order valence-corrected chi connectivity index (χ1v) is 12.1. The highest BCUT2D eigenvalue weighted by molar-refractivity contribution is 7.89. The molecule has 1 aromatic carbocycles. The Labute approximate surface area is 176 Å². The van der Waals surface area contributed by atoms with Crippen molar-refractivity contribution in [1.29, 1.82) is 0 Å². The quantitative estimate of drug-likeness (QED) is 0.777. The molecule has 0 spiro atoms. The van der Waals surface area contributed by atoms with Gasteiger partial charge in [-0.05, 0) is 43.2 Å². The number of fused-ring (bicyclic) bond motifs is 1. The van der Waals surface area contributed by atoms with E-state index in [1.54, 1.807) is 6.07 Å². The van der Waals surface area contributed by atoms with Gasteiger partial charge in [-0.3, -0.25) is 9.36 Å². The third-order valence-corrected chi connectivity index (χ3v) is 8.59. The number of aromatic nitrogens is 1. The van der Waals surface area contributed by atoms with Gasteiger partial charge in [-0.25, -0.2) is 13.2 Å². The molecule has 1 aliphatic carbocycles. The number of benzene rings is 1. The number of carbonyl (C=O) groups is 1. The van der Waals surface area contributed by atoms with Gasteiger partial charge < -0.3 is 9.73 Å². The van der Waals surface area contributed by atoms with Crippen LogP contribution in [-0.2, 0) is 21.4 Å². The van der Waals surface area contributed by atoms with Gasteiger partial charge in [0.1, 0.15) is 6.54 Å². The van der Waals surface area contributed by atoms with E-state index in [-0.39, 0.29) is 29.0 Å². The summed E-state index contributed by atoms with van der Waals surface area (Å²) in [5.41, 5.74) is 0.591. The fraction of sp³-hybridized carbons (Fsp3) is 0.619. The highest BCUT2D eigenvalue weighted by Gasteiger charge is 2.30. The zero-order valence-electron chi connectivity index (χ0n) is 17.5. The second-order valence-corrected chi connectivity index (χ2v) is 10.6. The molecular formula is C21H29N3O5S. The Morgan fingerprint density at radius 2 is 1.90 bits per heavy atom. The minimum Gasteiger partial charge on any atom is -0.408 e. The Balaban J connectivity index is 1.54. The van der Waals surface area contributed by atoms with E-state index < -0.39 is 15.8 Å². The summed E-state index contributed by atoms with van der Waals surface area (Å²) in [5, 5.41) is 3.06. The van der Waals surface area contributed by atoms with E-state index in [1.165, 1.54) is 27.4 Å². The van der Waals surface area contributed by atoms with Crippen LogP contribution in [0.5, 0.6) is 0 Å². The summed E-state index contributed by atoms with van der Waals surface area (Å²) in [6, 6.07) is 4.50. The SMILES string of the molecule is C[C@H]1[C@H](C)CCC[C@H]1NC(=O)Cn1c(=O)oc2cc(S(=O)(=O)N3CCCC3)ccc21. The van der Waals surface area contributed by atoms with Crippen LogP contribution in [0.2, 0.25) is 0 Å². The maximum atomic E-state index is 12.8. The molecule has 0 radical (unpaired) electrons. The van der Waals surface area contributed by atoms with E-state index in [4.69, 9.17) is 4.42 Å². The second-order valence-electron chi connectivity index (χ2n) is 8.64. The molecule has 2 heterocycles. The first-order chi connectivity index (χ1) is 14.3.